The fourth-order valence-corrected chi connectivity index (χ4v) is 3.74. The molecule has 0 aliphatic heterocycles. The van der Waals surface area contributed by atoms with Crippen molar-refractivity contribution >= 4 is 33.9 Å². The van der Waals surface area contributed by atoms with Gasteiger partial charge in [0.05, 0.1) is 12.7 Å². The second kappa shape index (κ2) is 9.04. The topological polar surface area (TPSA) is 47.0 Å². The number of aromatic nitrogens is 2. The number of benzene rings is 2. The highest BCUT2D eigenvalue weighted by Gasteiger charge is 2.31. The second-order valence-electron chi connectivity index (χ2n) is 7.24. The number of alkyl halides is 3. The van der Waals surface area contributed by atoms with Crippen LogP contribution < -0.4 is 10.1 Å². The Labute approximate surface area is 188 Å². The number of rotatable bonds is 6. The highest BCUT2D eigenvalue weighted by Crippen LogP contribution is 2.35. The smallest absolute Gasteiger partial charge is 0.416 e. The Morgan fingerprint density at radius 2 is 1.75 bits per heavy atom. The van der Waals surface area contributed by atoms with Crippen molar-refractivity contribution in [3.05, 3.63) is 88.7 Å². The maximum absolute atomic E-state index is 13.2. The van der Waals surface area contributed by atoms with Gasteiger partial charge in [-0.3, -0.25) is 0 Å². The zero-order valence-corrected chi connectivity index (χ0v) is 17.8. The van der Waals surface area contributed by atoms with Gasteiger partial charge in [0, 0.05) is 34.6 Å². The van der Waals surface area contributed by atoms with Crippen LogP contribution in [0.4, 0.5) is 24.7 Å². The Morgan fingerprint density at radius 1 is 0.969 bits per heavy atom. The highest BCUT2D eigenvalue weighted by molar-refractivity contribution is 6.31. The van der Waals surface area contributed by atoms with E-state index in [1.54, 1.807) is 19.5 Å². The van der Waals surface area contributed by atoms with Gasteiger partial charge in [-0.25, -0.2) is 9.97 Å². The molecule has 1 N–H and O–H groups in total. The van der Waals surface area contributed by atoms with Gasteiger partial charge in [-0.15, -0.1) is 0 Å². The molecule has 0 unspecified atom stereocenters. The molecule has 32 heavy (non-hydrogen) atoms. The molecule has 164 valence electrons. The zero-order valence-electron chi connectivity index (χ0n) is 17.1. The predicted molar refractivity (Wildman–Crippen MR) is 120 cm³/mol. The molecule has 4 rings (SSSR count). The van der Waals surface area contributed by atoms with Crippen LogP contribution in [0.5, 0.6) is 5.88 Å². The molecule has 0 amide bonds. The van der Waals surface area contributed by atoms with E-state index in [9.17, 15) is 13.2 Å². The summed E-state index contributed by atoms with van der Waals surface area (Å²) >= 11 is 5.91. The van der Waals surface area contributed by atoms with E-state index in [0.29, 0.717) is 11.7 Å². The van der Waals surface area contributed by atoms with Crippen molar-refractivity contribution in [3.8, 4) is 5.88 Å². The van der Waals surface area contributed by atoms with E-state index in [0.717, 1.165) is 46.9 Å². The minimum Gasteiger partial charge on any atom is -0.481 e. The maximum atomic E-state index is 13.2. The zero-order chi connectivity index (χ0) is 22.7. The van der Waals surface area contributed by atoms with Crippen molar-refractivity contribution in [2.24, 2.45) is 0 Å². The van der Waals surface area contributed by atoms with Gasteiger partial charge in [0.15, 0.2) is 0 Å². The quantitative estimate of drug-likeness (QED) is 0.344. The van der Waals surface area contributed by atoms with Crippen LogP contribution in [0, 0.1) is 0 Å². The largest absolute Gasteiger partial charge is 0.481 e. The van der Waals surface area contributed by atoms with E-state index < -0.39 is 11.7 Å². The number of nitrogens with zero attached hydrogens (tertiary/aromatic N) is 2. The first-order valence-electron chi connectivity index (χ1n) is 9.84. The van der Waals surface area contributed by atoms with Gasteiger partial charge in [-0.1, -0.05) is 35.9 Å². The van der Waals surface area contributed by atoms with Crippen LogP contribution in [0.1, 0.15) is 16.7 Å². The summed E-state index contributed by atoms with van der Waals surface area (Å²) in [6.45, 7) is 0. The molecule has 0 spiro atoms. The summed E-state index contributed by atoms with van der Waals surface area (Å²) in [4.78, 5) is 8.62. The number of hydrogen-bond donors (Lipinski definition) is 1. The predicted octanol–water partition coefficient (Wildman–Crippen LogP) is 6.84. The fraction of sp³-hybridized carbons (Fsp3) is 0.167. The van der Waals surface area contributed by atoms with Crippen LogP contribution in [0.25, 0.3) is 10.8 Å². The highest BCUT2D eigenvalue weighted by atomic mass is 35.5. The molecule has 0 radical (unpaired) electrons. The normalized spacial score (nSPS) is 11.5. The number of ether oxygens (including phenoxy) is 1. The number of fused-ring (bicyclic) bond motifs is 1. The number of halogens is 4. The summed E-state index contributed by atoms with van der Waals surface area (Å²) in [5.41, 5.74) is 1.52. The molecule has 2 heterocycles. The van der Waals surface area contributed by atoms with Crippen molar-refractivity contribution in [1.82, 2.24) is 9.97 Å². The molecule has 0 atom stereocenters. The van der Waals surface area contributed by atoms with Gasteiger partial charge in [0.2, 0.25) is 5.88 Å². The third kappa shape index (κ3) is 4.94. The van der Waals surface area contributed by atoms with Gasteiger partial charge in [0.1, 0.15) is 5.82 Å². The van der Waals surface area contributed by atoms with Crippen LogP contribution in [0.3, 0.4) is 0 Å². The molecular formula is C24H19ClF3N3O. The van der Waals surface area contributed by atoms with Crippen molar-refractivity contribution in [1.29, 1.82) is 0 Å². The standard InChI is InChI=1S/C24H19ClF3N3O/c1-32-22-10-15(8-9-29-22)6-7-16-14-30-23(21-5-3-2-4-20(16)21)31-19-12-17(24(26,27)28)11-18(25)13-19/h2-5,8-14H,6-7H2,1H3,(H,30,31). The Morgan fingerprint density at radius 3 is 2.50 bits per heavy atom. The van der Waals surface area contributed by atoms with Crippen molar-refractivity contribution < 1.29 is 17.9 Å². The average Bonchev–Trinajstić information content (AvgIpc) is 2.78. The molecule has 8 heteroatoms. The minimum atomic E-state index is -4.49. The first-order valence-corrected chi connectivity index (χ1v) is 10.2. The molecule has 2 aromatic carbocycles. The summed E-state index contributed by atoms with van der Waals surface area (Å²) in [6.07, 6.45) is 0.462. The van der Waals surface area contributed by atoms with Crippen LogP contribution in [0.2, 0.25) is 5.02 Å². The number of hydrogen-bond acceptors (Lipinski definition) is 4. The SMILES string of the molecule is COc1cc(CCc2cnc(Nc3cc(Cl)cc(C(F)(F)F)c3)c3ccccc23)ccn1. The molecule has 2 aromatic heterocycles. The van der Waals surface area contributed by atoms with E-state index >= 15 is 0 Å². The molecule has 0 aliphatic carbocycles. The maximum Gasteiger partial charge on any atom is 0.416 e. The van der Waals surface area contributed by atoms with Crippen molar-refractivity contribution in [3.63, 3.8) is 0 Å². The fourth-order valence-electron chi connectivity index (χ4n) is 3.51. The van der Waals surface area contributed by atoms with Gasteiger partial charge in [-0.05, 0) is 53.6 Å². The summed E-state index contributed by atoms with van der Waals surface area (Å²) in [6, 6.07) is 14.8. The Kier molecular flexibility index (Phi) is 6.19. The molecule has 4 aromatic rings. The number of methoxy groups -OCH3 is 1. The van der Waals surface area contributed by atoms with E-state index in [1.807, 2.05) is 36.4 Å². The van der Waals surface area contributed by atoms with E-state index in [1.165, 1.54) is 6.07 Å². The van der Waals surface area contributed by atoms with Crippen LogP contribution in [0.15, 0.2) is 67.0 Å². The molecule has 0 aliphatic rings. The van der Waals surface area contributed by atoms with Crippen LogP contribution in [-0.4, -0.2) is 17.1 Å². The van der Waals surface area contributed by atoms with E-state index in [-0.39, 0.29) is 10.7 Å². The number of pyridine rings is 2. The lowest BCUT2D eigenvalue weighted by Gasteiger charge is -2.14. The average molecular weight is 458 g/mol. The second-order valence-corrected chi connectivity index (χ2v) is 7.67. The van der Waals surface area contributed by atoms with Gasteiger partial charge >= 0.3 is 6.18 Å². The summed E-state index contributed by atoms with van der Waals surface area (Å²) < 4.78 is 44.6. The Bertz CT molecular complexity index is 1260. The molecule has 4 nitrogen and oxygen atoms in total. The molecular weight excluding hydrogens is 439 g/mol. The van der Waals surface area contributed by atoms with E-state index in [4.69, 9.17) is 16.3 Å². The van der Waals surface area contributed by atoms with Crippen molar-refractivity contribution in [2.45, 2.75) is 19.0 Å². The monoisotopic (exact) mass is 457 g/mol. The number of aryl methyl sites for hydroxylation is 2. The van der Waals surface area contributed by atoms with Gasteiger partial charge < -0.3 is 10.1 Å². The van der Waals surface area contributed by atoms with Crippen LogP contribution in [-0.2, 0) is 19.0 Å². The summed E-state index contributed by atoms with van der Waals surface area (Å²) in [7, 11) is 1.58. The third-order valence-electron chi connectivity index (χ3n) is 5.06. The Hall–Kier alpha value is -3.32. The minimum absolute atomic E-state index is 0.00368. The summed E-state index contributed by atoms with van der Waals surface area (Å²) in [5, 5.41) is 4.78. The first kappa shape index (κ1) is 21.9. The lowest BCUT2D eigenvalue weighted by Crippen LogP contribution is -2.06. The first-order chi connectivity index (χ1) is 15.3. The van der Waals surface area contributed by atoms with Crippen LogP contribution >= 0.6 is 11.6 Å². The van der Waals surface area contributed by atoms with Gasteiger partial charge in [0.25, 0.3) is 0 Å². The van der Waals surface area contributed by atoms with Crippen molar-refractivity contribution in [2.75, 3.05) is 12.4 Å². The molecule has 0 saturated carbocycles. The lowest BCUT2D eigenvalue weighted by molar-refractivity contribution is -0.137. The molecule has 0 bridgehead atoms. The number of anilines is 2. The van der Waals surface area contributed by atoms with E-state index in [2.05, 4.69) is 15.3 Å². The summed E-state index contributed by atoms with van der Waals surface area (Å²) in [5.74, 6) is 1.02. The molecule has 0 fully saturated rings. The van der Waals surface area contributed by atoms with Gasteiger partial charge in [-0.2, -0.15) is 13.2 Å². The third-order valence-corrected chi connectivity index (χ3v) is 5.28. The lowest BCUT2D eigenvalue weighted by atomic mass is 10.0. The number of nitrogens with one attached hydrogen (secondary N) is 1. The molecule has 0 saturated heterocycles. The Balaban J connectivity index is 1.63.